The van der Waals surface area contributed by atoms with Crippen molar-refractivity contribution >= 4 is 23.2 Å². The Hall–Kier alpha value is -1.09. The Kier molecular flexibility index (Phi) is 4.37. The van der Waals surface area contributed by atoms with Crippen molar-refractivity contribution in [3.8, 4) is 0 Å². The standard InChI is InChI=1S/C13H12Cl2N2/c14-12-4-1-5-13(15)11(12)9-17-8-10-3-2-6-16-7-10/h1-7,17H,8-9H2. The molecule has 1 N–H and O–H groups in total. The summed E-state index contributed by atoms with van der Waals surface area (Å²) in [7, 11) is 0. The zero-order valence-electron chi connectivity index (χ0n) is 9.16. The van der Waals surface area contributed by atoms with Crippen molar-refractivity contribution in [2.45, 2.75) is 13.1 Å². The molecule has 0 bridgehead atoms. The minimum Gasteiger partial charge on any atom is -0.308 e. The lowest BCUT2D eigenvalue weighted by Gasteiger charge is -2.08. The van der Waals surface area contributed by atoms with Gasteiger partial charge in [-0.05, 0) is 23.8 Å². The first-order chi connectivity index (χ1) is 8.27. The SMILES string of the molecule is Clc1cccc(Cl)c1CNCc1cccnc1. The number of nitrogens with zero attached hydrogens (tertiary/aromatic N) is 1. The van der Waals surface area contributed by atoms with Gasteiger partial charge in [-0.15, -0.1) is 0 Å². The van der Waals surface area contributed by atoms with E-state index in [1.165, 1.54) is 0 Å². The molecule has 88 valence electrons. The van der Waals surface area contributed by atoms with Gasteiger partial charge >= 0.3 is 0 Å². The maximum absolute atomic E-state index is 6.07. The van der Waals surface area contributed by atoms with Gasteiger partial charge in [-0.3, -0.25) is 4.98 Å². The second-order valence-electron chi connectivity index (χ2n) is 3.67. The number of halogens is 2. The van der Waals surface area contributed by atoms with Gasteiger partial charge in [0.05, 0.1) is 0 Å². The number of benzene rings is 1. The van der Waals surface area contributed by atoms with Gasteiger partial charge in [0, 0.05) is 41.1 Å². The Balaban J connectivity index is 1.95. The summed E-state index contributed by atoms with van der Waals surface area (Å²) in [5, 5.41) is 4.67. The van der Waals surface area contributed by atoms with Crippen molar-refractivity contribution in [1.82, 2.24) is 10.3 Å². The van der Waals surface area contributed by atoms with Crippen molar-refractivity contribution < 1.29 is 0 Å². The second kappa shape index (κ2) is 6.01. The Morgan fingerprint density at radius 1 is 1.00 bits per heavy atom. The molecule has 0 aliphatic rings. The summed E-state index contributed by atoms with van der Waals surface area (Å²) in [5.74, 6) is 0. The number of hydrogen-bond donors (Lipinski definition) is 1. The van der Waals surface area contributed by atoms with E-state index in [1.54, 1.807) is 6.20 Å². The van der Waals surface area contributed by atoms with Gasteiger partial charge in [0.1, 0.15) is 0 Å². The first-order valence-corrected chi connectivity index (χ1v) is 6.05. The Bertz CT molecular complexity index is 466. The van der Waals surface area contributed by atoms with Crippen molar-refractivity contribution in [2.24, 2.45) is 0 Å². The van der Waals surface area contributed by atoms with Gasteiger partial charge in [-0.25, -0.2) is 0 Å². The molecule has 1 heterocycles. The smallest absolute Gasteiger partial charge is 0.0465 e. The molecule has 0 amide bonds. The molecule has 0 saturated heterocycles. The zero-order chi connectivity index (χ0) is 12.1. The average molecular weight is 267 g/mol. The van der Waals surface area contributed by atoms with Crippen molar-refractivity contribution in [3.63, 3.8) is 0 Å². The van der Waals surface area contributed by atoms with Crippen LogP contribution < -0.4 is 5.32 Å². The van der Waals surface area contributed by atoms with E-state index < -0.39 is 0 Å². The van der Waals surface area contributed by atoms with Crippen LogP contribution in [-0.4, -0.2) is 4.98 Å². The number of nitrogens with one attached hydrogen (secondary N) is 1. The highest BCUT2D eigenvalue weighted by molar-refractivity contribution is 6.35. The fraction of sp³-hybridized carbons (Fsp3) is 0.154. The Labute approximate surface area is 111 Å². The predicted molar refractivity (Wildman–Crippen MR) is 71.2 cm³/mol. The molecule has 0 fully saturated rings. The molecular weight excluding hydrogens is 255 g/mol. The van der Waals surface area contributed by atoms with Gasteiger partial charge in [0.2, 0.25) is 0 Å². The number of aromatic nitrogens is 1. The normalized spacial score (nSPS) is 10.5. The highest BCUT2D eigenvalue weighted by Gasteiger charge is 2.04. The lowest BCUT2D eigenvalue weighted by atomic mass is 10.2. The quantitative estimate of drug-likeness (QED) is 0.914. The molecular formula is C13H12Cl2N2. The molecule has 2 nitrogen and oxygen atoms in total. The summed E-state index contributed by atoms with van der Waals surface area (Å²) in [6, 6.07) is 9.46. The summed E-state index contributed by atoms with van der Waals surface area (Å²) in [6.45, 7) is 1.39. The minimum absolute atomic E-state index is 0.646. The number of pyridine rings is 1. The van der Waals surface area contributed by atoms with Crippen LogP contribution >= 0.6 is 23.2 Å². The minimum atomic E-state index is 0.646. The van der Waals surface area contributed by atoms with Gasteiger partial charge in [0.25, 0.3) is 0 Å². The third-order valence-corrected chi connectivity index (χ3v) is 3.12. The van der Waals surface area contributed by atoms with Gasteiger partial charge in [-0.1, -0.05) is 35.3 Å². The molecule has 2 rings (SSSR count). The monoisotopic (exact) mass is 266 g/mol. The Morgan fingerprint density at radius 2 is 1.76 bits per heavy atom. The maximum atomic E-state index is 6.07. The topological polar surface area (TPSA) is 24.9 Å². The van der Waals surface area contributed by atoms with E-state index >= 15 is 0 Å². The van der Waals surface area contributed by atoms with E-state index in [2.05, 4.69) is 10.3 Å². The van der Waals surface area contributed by atoms with E-state index in [1.807, 2.05) is 36.5 Å². The highest BCUT2D eigenvalue weighted by atomic mass is 35.5. The third kappa shape index (κ3) is 3.43. The zero-order valence-corrected chi connectivity index (χ0v) is 10.7. The van der Waals surface area contributed by atoms with Gasteiger partial charge in [-0.2, -0.15) is 0 Å². The molecule has 0 atom stereocenters. The van der Waals surface area contributed by atoms with Crippen LogP contribution in [0.5, 0.6) is 0 Å². The summed E-state index contributed by atoms with van der Waals surface area (Å²) in [6.07, 6.45) is 3.59. The van der Waals surface area contributed by atoms with E-state index in [9.17, 15) is 0 Å². The molecule has 4 heteroatoms. The van der Waals surface area contributed by atoms with Crippen molar-refractivity contribution in [1.29, 1.82) is 0 Å². The van der Waals surface area contributed by atoms with Crippen molar-refractivity contribution in [3.05, 3.63) is 63.9 Å². The third-order valence-electron chi connectivity index (χ3n) is 2.42. The van der Waals surface area contributed by atoms with Crippen molar-refractivity contribution in [2.75, 3.05) is 0 Å². The molecule has 0 aliphatic heterocycles. The molecule has 17 heavy (non-hydrogen) atoms. The van der Waals surface area contributed by atoms with Gasteiger partial charge < -0.3 is 5.32 Å². The van der Waals surface area contributed by atoms with Crippen LogP contribution in [0, 0.1) is 0 Å². The molecule has 0 unspecified atom stereocenters. The van der Waals surface area contributed by atoms with Crippen LogP contribution in [0.3, 0.4) is 0 Å². The average Bonchev–Trinajstić information content (AvgIpc) is 2.34. The first-order valence-electron chi connectivity index (χ1n) is 5.30. The molecule has 0 saturated carbocycles. The molecule has 2 aromatic rings. The van der Waals surface area contributed by atoms with Gasteiger partial charge in [0.15, 0.2) is 0 Å². The molecule has 0 aliphatic carbocycles. The maximum Gasteiger partial charge on any atom is 0.0465 e. The van der Waals surface area contributed by atoms with Crippen LogP contribution in [0.15, 0.2) is 42.7 Å². The molecule has 0 spiro atoms. The summed E-state index contributed by atoms with van der Waals surface area (Å²) in [5.41, 5.74) is 2.07. The summed E-state index contributed by atoms with van der Waals surface area (Å²) >= 11 is 12.1. The van der Waals surface area contributed by atoms with Crippen LogP contribution in [0.1, 0.15) is 11.1 Å². The highest BCUT2D eigenvalue weighted by Crippen LogP contribution is 2.23. The molecule has 1 aromatic heterocycles. The van der Waals surface area contributed by atoms with Crippen LogP contribution in [0.2, 0.25) is 10.0 Å². The molecule has 1 aromatic carbocycles. The summed E-state index contributed by atoms with van der Waals surface area (Å²) < 4.78 is 0. The largest absolute Gasteiger partial charge is 0.308 e. The number of rotatable bonds is 4. The van der Waals surface area contributed by atoms with E-state index in [0.29, 0.717) is 16.6 Å². The van der Waals surface area contributed by atoms with Crippen LogP contribution in [0.25, 0.3) is 0 Å². The van der Waals surface area contributed by atoms with E-state index in [-0.39, 0.29) is 0 Å². The van der Waals surface area contributed by atoms with E-state index in [0.717, 1.165) is 17.7 Å². The van der Waals surface area contributed by atoms with E-state index in [4.69, 9.17) is 23.2 Å². The van der Waals surface area contributed by atoms with Crippen LogP contribution in [-0.2, 0) is 13.1 Å². The lowest BCUT2D eigenvalue weighted by Crippen LogP contribution is -2.13. The summed E-state index contributed by atoms with van der Waals surface area (Å²) in [4.78, 5) is 4.05. The molecule has 0 radical (unpaired) electrons. The fourth-order valence-electron chi connectivity index (χ4n) is 1.54. The second-order valence-corrected chi connectivity index (χ2v) is 4.48. The fourth-order valence-corrected chi connectivity index (χ4v) is 2.07. The van der Waals surface area contributed by atoms with Crippen LogP contribution in [0.4, 0.5) is 0 Å². The first kappa shape index (κ1) is 12.4. The lowest BCUT2D eigenvalue weighted by molar-refractivity contribution is 0.691. The Morgan fingerprint density at radius 3 is 2.41 bits per heavy atom. The predicted octanol–water partition coefficient (Wildman–Crippen LogP) is 3.68. The number of hydrogen-bond acceptors (Lipinski definition) is 2.